The summed E-state index contributed by atoms with van der Waals surface area (Å²) >= 11 is 6.06. The van der Waals surface area contributed by atoms with Gasteiger partial charge in [0.05, 0.1) is 17.2 Å². The molecule has 1 aromatic rings. The molecule has 0 aromatic heterocycles. The maximum atomic E-state index is 6.10. The lowest BCUT2D eigenvalue weighted by molar-refractivity contribution is -0.0662. The van der Waals surface area contributed by atoms with Gasteiger partial charge in [-0.05, 0) is 58.7 Å². The van der Waals surface area contributed by atoms with Gasteiger partial charge in [0.2, 0.25) is 0 Å². The number of hydrogen-bond donors (Lipinski definition) is 1. The van der Waals surface area contributed by atoms with E-state index in [1.807, 2.05) is 18.2 Å². The molecule has 0 spiro atoms. The molecule has 0 saturated carbocycles. The highest BCUT2D eigenvalue weighted by Crippen LogP contribution is 2.39. The second-order valence-electron chi connectivity index (χ2n) is 6.33. The van der Waals surface area contributed by atoms with Crippen molar-refractivity contribution < 1.29 is 4.74 Å². The summed E-state index contributed by atoms with van der Waals surface area (Å²) in [5.41, 5.74) is 2.06. The number of benzene rings is 1. The predicted octanol–water partition coefficient (Wildman–Crippen LogP) is 4.41. The van der Waals surface area contributed by atoms with Crippen molar-refractivity contribution in [3.63, 3.8) is 0 Å². The van der Waals surface area contributed by atoms with Gasteiger partial charge in [0.1, 0.15) is 0 Å². The Bertz CT molecular complexity index is 454. The minimum atomic E-state index is -0.168. The molecule has 1 N–H and O–H groups in total. The summed E-state index contributed by atoms with van der Waals surface area (Å²) in [5, 5.41) is 4.35. The van der Waals surface area contributed by atoms with E-state index in [1.54, 1.807) is 0 Å². The first-order chi connectivity index (χ1) is 8.20. The zero-order chi connectivity index (χ0) is 13.6. The second-order valence-corrected chi connectivity index (χ2v) is 6.76. The second kappa shape index (κ2) is 4.43. The van der Waals surface area contributed by atoms with Gasteiger partial charge in [0.25, 0.3) is 0 Å². The lowest BCUT2D eigenvalue weighted by Gasteiger charge is -2.28. The van der Waals surface area contributed by atoms with Crippen molar-refractivity contribution in [1.82, 2.24) is 0 Å². The van der Waals surface area contributed by atoms with E-state index < -0.39 is 0 Å². The normalized spacial score (nSPS) is 25.1. The van der Waals surface area contributed by atoms with Crippen LogP contribution in [0.25, 0.3) is 0 Å². The lowest BCUT2D eigenvalue weighted by atomic mass is 9.94. The van der Waals surface area contributed by atoms with Gasteiger partial charge < -0.3 is 10.1 Å². The van der Waals surface area contributed by atoms with E-state index in [0.29, 0.717) is 6.04 Å². The van der Waals surface area contributed by atoms with Crippen molar-refractivity contribution in [1.29, 1.82) is 0 Å². The first-order valence-corrected chi connectivity index (χ1v) is 6.80. The summed E-state index contributed by atoms with van der Waals surface area (Å²) in [4.78, 5) is 0. The maximum Gasteiger partial charge on any atom is 0.0834 e. The smallest absolute Gasteiger partial charge is 0.0834 e. The molecule has 1 aliphatic heterocycles. The molecule has 0 radical (unpaired) electrons. The van der Waals surface area contributed by atoms with E-state index in [0.717, 1.165) is 17.1 Å². The quantitative estimate of drug-likeness (QED) is 0.857. The van der Waals surface area contributed by atoms with Gasteiger partial charge in [-0.3, -0.25) is 0 Å². The van der Waals surface area contributed by atoms with Crippen LogP contribution in [0.15, 0.2) is 18.2 Å². The average molecular weight is 268 g/mol. The molecule has 1 heterocycles. The summed E-state index contributed by atoms with van der Waals surface area (Å²) in [6, 6.07) is 6.24. The third-order valence-corrected chi connectivity index (χ3v) is 3.84. The van der Waals surface area contributed by atoms with Crippen LogP contribution in [0, 0.1) is 6.92 Å². The van der Waals surface area contributed by atoms with Crippen LogP contribution in [0.5, 0.6) is 0 Å². The van der Waals surface area contributed by atoms with Crippen molar-refractivity contribution in [3.8, 4) is 0 Å². The van der Waals surface area contributed by atoms with Gasteiger partial charge in [-0.25, -0.2) is 0 Å². The summed E-state index contributed by atoms with van der Waals surface area (Å²) in [5.74, 6) is 0. The number of hydrogen-bond acceptors (Lipinski definition) is 2. The molecular weight excluding hydrogens is 246 g/mol. The Kier molecular flexibility index (Phi) is 3.37. The number of aryl methyl sites for hydroxylation is 1. The number of rotatable bonds is 2. The van der Waals surface area contributed by atoms with Crippen LogP contribution < -0.4 is 5.32 Å². The highest BCUT2D eigenvalue weighted by Gasteiger charge is 2.45. The van der Waals surface area contributed by atoms with Crippen LogP contribution >= 0.6 is 11.6 Å². The molecule has 1 aliphatic rings. The van der Waals surface area contributed by atoms with Crippen molar-refractivity contribution >= 4 is 17.3 Å². The molecule has 0 aliphatic carbocycles. The molecule has 0 bridgehead atoms. The molecule has 1 unspecified atom stereocenters. The summed E-state index contributed by atoms with van der Waals surface area (Å²) in [7, 11) is 0. The largest absolute Gasteiger partial charge is 0.379 e. The molecule has 2 rings (SSSR count). The fourth-order valence-electron chi connectivity index (χ4n) is 2.72. The molecule has 3 heteroatoms. The topological polar surface area (TPSA) is 21.3 Å². The van der Waals surface area contributed by atoms with Crippen LogP contribution in [0.1, 0.15) is 39.7 Å². The molecule has 2 nitrogen and oxygen atoms in total. The molecule has 1 fully saturated rings. The van der Waals surface area contributed by atoms with Gasteiger partial charge in [0, 0.05) is 10.7 Å². The molecule has 1 atom stereocenters. The Labute approximate surface area is 115 Å². The molecule has 0 amide bonds. The van der Waals surface area contributed by atoms with Crippen molar-refractivity contribution in [3.05, 3.63) is 28.8 Å². The number of halogens is 1. The fourth-order valence-corrected chi connectivity index (χ4v) is 2.90. The predicted molar refractivity (Wildman–Crippen MR) is 77.5 cm³/mol. The first-order valence-electron chi connectivity index (χ1n) is 6.42. The summed E-state index contributed by atoms with van der Waals surface area (Å²) in [6.45, 7) is 10.6. The zero-order valence-corrected chi connectivity index (χ0v) is 12.6. The van der Waals surface area contributed by atoms with E-state index in [1.165, 1.54) is 5.56 Å². The zero-order valence-electron chi connectivity index (χ0n) is 11.8. The summed E-state index contributed by atoms with van der Waals surface area (Å²) in [6.07, 6.45) is 0.992. The maximum absolute atomic E-state index is 6.10. The third kappa shape index (κ3) is 2.81. The van der Waals surface area contributed by atoms with Crippen LogP contribution in [-0.2, 0) is 4.74 Å². The van der Waals surface area contributed by atoms with Gasteiger partial charge >= 0.3 is 0 Å². The van der Waals surface area contributed by atoms with Crippen molar-refractivity contribution in [2.45, 2.75) is 58.3 Å². The van der Waals surface area contributed by atoms with E-state index in [4.69, 9.17) is 16.3 Å². The van der Waals surface area contributed by atoms with E-state index in [-0.39, 0.29) is 11.2 Å². The Morgan fingerprint density at radius 2 is 1.94 bits per heavy atom. The van der Waals surface area contributed by atoms with Crippen molar-refractivity contribution in [2.24, 2.45) is 0 Å². The van der Waals surface area contributed by atoms with Gasteiger partial charge in [0.15, 0.2) is 0 Å². The Hall–Kier alpha value is -0.730. The molecule has 100 valence electrons. The molecule has 1 saturated heterocycles. The Morgan fingerprint density at radius 3 is 2.50 bits per heavy atom. The van der Waals surface area contributed by atoms with Crippen LogP contribution in [-0.4, -0.2) is 17.2 Å². The molecule has 1 aromatic carbocycles. The summed E-state index contributed by atoms with van der Waals surface area (Å²) < 4.78 is 6.10. The van der Waals surface area contributed by atoms with Gasteiger partial charge in [-0.15, -0.1) is 0 Å². The molecule has 18 heavy (non-hydrogen) atoms. The van der Waals surface area contributed by atoms with Crippen LogP contribution in [0.2, 0.25) is 5.02 Å². The first kappa shape index (κ1) is 13.7. The third-order valence-electron chi connectivity index (χ3n) is 3.60. The SMILES string of the molecule is Cc1ccc(Cl)cc1NC1CC(C)(C)OC1(C)C. The Morgan fingerprint density at radius 1 is 1.28 bits per heavy atom. The highest BCUT2D eigenvalue weighted by atomic mass is 35.5. The fraction of sp³-hybridized carbons (Fsp3) is 0.600. The monoisotopic (exact) mass is 267 g/mol. The minimum absolute atomic E-state index is 0.0757. The highest BCUT2D eigenvalue weighted by molar-refractivity contribution is 6.30. The lowest BCUT2D eigenvalue weighted by Crippen LogP contribution is -2.38. The van der Waals surface area contributed by atoms with Gasteiger partial charge in [-0.1, -0.05) is 17.7 Å². The van der Waals surface area contributed by atoms with Gasteiger partial charge in [-0.2, -0.15) is 0 Å². The number of anilines is 1. The Balaban J connectivity index is 2.21. The average Bonchev–Trinajstić information content (AvgIpc) is 2.40. The number of nitrogens with one attached hydrogen (secondary N) is 1. The van der Waals surface area contributed by atoms with E-state index in [2.05, 4.69) is 39.9 Å². The molecular formula is C15H22ClNO. The minimum Gasteiger partial charge on any atom is -0.379 e. The van der Waals surface area contributed by atoms with E-state index >= 15 is 0 Å². The van der Waals surface area contributed by atoms with E-state index in [9.17, 15) is 0 Å². The standard InChI is InChI=1S/C15H22ClNO/c1-10-6-7-11(16)8-12(10)17-13-9-14(2,3)18-15(13,4)5/h6-8,13,17H,9H2,1-5H3. The van der Waals surface area contributed by atoms with Crippen LogP contribution in [0.4, 0.5) is 5.69 Å². The number of ether oxygens (including phenoxy) is 1. The van der Waals surface area contributed by atoms with Crippen LogP contribution in [0.3, 0.4) is 0 Å². The van der Waals surface area contributed by atoms with Crippen molar-refractivity contribution in [2.75, 3.05) is 5.32 Å².